The summed E-state index contributed by atoms with van der Waals surface area (Å²) in [7, 11) is 0. The largest absolute Gasteiger partial charge is 0.361 e. The lowest BCUT2D eigenvalue weighted by molar-refractivity contribution is -0.128. The van der Waals surface area contributed by atoms with Gasteiger partial charge >= 0.3 is 0 Å². The van der Waals surface area contributed by atoms with E-state index >= 15 is 0 Å². The van der Waals surface area contributed by atoms with Gasteiger partial charge in [-0.1, -0.05) is 36.4 Å². The van der Waals surface area contributed by atoms with Crippen molar-refractivity contribution in [1.82, 2.24) is 31.3 Å². The van der Waals surface area contributed by atoms with Crippen LogP contribution in [0, 0.1) is 0 Å². The van der Waals surface area contributed by atoms with Crippen molar-refractivity contribution in [2.45, 2.75) is 19.4 Å². The lowest BCUT2D eigenvalue weighted by atomic mass is 10.0. The van der Waals surface area contributed by atoms with Crippen molar-refractivity contribution in [1.29, 1.82) is 0 Å². The van der Waals surface area contributed by atoms with Gasteiger partial charge in [0.25, 0.3) is 17.4 Å². The van der Waals surface area contributed by atoms with Gasteiger partial charge in [-0.05, 0) is 17.7 Å². The summed E-state index contributed by atoms with van der Waals surface area (Å²) in [5, 5.41) is 10.3. The monoisotopic (exact) mass is 432 g/mol. The molecule has 4 rings (SSSR count). The first-order valence-electron chi connectivity index (χ1n) is 9.83. The average Bonchev–Trinajstić information content (AvgIpc) is 3.20. The Labute approximate surface area is 181 Å². The first kappa shape index (κ1) is 20.8. The Kier molecular flexibility index (Phi) is 5.67. The number of benzene rings is 2. The number of hydrogen-bond acceptors (Lipinski definition) is 5. The van der Waals surface area contributed by atoms with Gasteiger partial charge < -0.3 is 10.3 Å². The summed E-state index contributed by atoms with van der Waals surface area (Å²) >= 11 is 0. The molecule has 32 heavy (non-hydrogen) atoms. The van der Waals surface area contributed by atoms with Crippen molar-refractivity contribution in [3.05, 3.63) is 76.3 Å². The van der Waals surface area contributed by atoms with Crippen LogP contribution in [0.2, 0.25) is 0 Å². The number of aromatic amines is 2. The van der Waals surface area contributed by atoms with Gasteiger partial charge in [0.2, 0.25) is 5.91 Å². The van der Waals surface area contributed by atoms with Crippen molar-refractivity contribution >= 4 is 39.4 Å². The third-order valence-corrected chi connectivity index (χ3v) is 5.00. The van der Waals surface area contributed by atoms with Crippen LogP contribution in [0.1, 0.15) is 23.0 Å². The number of hydrazine groups is 1. The molecular formula is C22H20N6O4. The first-order valence-corrected chi connectivity index (χ1v) is 9.83. The molecule has 10 nitrogen and oxygen atoms in total. The van der Waals surface area contributed by atoms with Crippen LogP contribution in [0.3, 0.4) is 0 Å². The number of rotatable bonds is 5. The van der Waals surface area contributed by atoms with E-state index in [1.165, 1.54) is 6.92 Å². The van der Waals surface area contributed by atoms with Crippen LogP contribution in [-0.4, -0.2) is 38.9 Å². The molecule has 0 radical (unpaired) electrons. The number of nitrogens with one attached hydrogen (secondary N) is 5. The molecule has 0 saturated carbocycles. The lowest BCUT2D eigenvalue weighted by Gasteiger charge is -2.18. The number of H-pyrrole nitrogens is 2. The standard InChI is InChI=1S/C22H20N6O4/c1-12(29)24-18(10-13-11-23-17-9-5-4-6-14(13)17)21(31)27-28-22(32)19-15-7-2-3-8-16(15)20(30)26-25-19/h2-9,11,18,23H,10H2,1H3,(H,24,29)(H,26,30)(H,27,31)(H,28,32). The van der Waals surface area contributed by atoms with Crippen LogP contribution >= 0.6 is 0 Å². The second-order valence-corrected chi connectivity index (χ2v) is 7.21. The Balaban J connectivity index is 1.50. The molecule has 0 bridgehead atoms. The first-order chi connectivity index (χ1) is 15.4. The summed E-state index contributed by atoms with van der Waals surface area (Å²) < 4.78 is 0. The summed E-state index contributed by atoms with van der Waals surface area (Å²) in [6, 6.07) is 13.2. The lowest BCUT2D eigenvalue weighted by Crippen LogP contribution is -2.53. The second-order valence-electron chi connectivity index (χ2n) is 7.21. The van der Waals surface area contributed by atoms with E-state index in [1.54, 1.807) is 30.5 Å². The molecule has 10 heteroatoms. The summed E-state index contributed by atoms with van der Waals surface area (Å²) in [5.41, 5.74) is 5.91. The normalized spacial score (nSPS) is 11.8. The number of hydrogen-bond donors (Lipinski definition) is 5. The molecule has 2 heterocycles. The predicted octanol–water partition coefficient (Wildman–Crippen LogP) is 0.913. The Morgan fingerprint density at radius 1 is 0.969 bits per heavy atom. The maximum atomic E-state index is 12.8. The molecule has 4 aromatic rings. The van der Waals surface area contributed by atoms with Crippen LogP contribution in [0.15, 0.2) is 59.5 Å². The van der Waals surface area contributed by atoms with E-state index in [0.717, 1.165) is 16.5 Å². The highest BCUT2D eigenvalue weighted by atomic mass is 16.2. The fourth-order valence-corrected chi connectivity index (χ4v) is 3.53. The Hall–Kier alpha value is -4.47. The van der Waals surface area contributed by atoms with E-state index in [2.05, 4.69) is 31.3 Å². The van der Waals surface area contributed by atoms with Gasteiger partial charge in [0.15, 0.2) is 5.69 Å². The molecule has 0 aliphatic carbocycles. The number of amides is 3. The number of fused-ring (bicyclic) bond motifs is 2. The molecule has 1 unspecified atom stereocenters. The molecule has 5 N–H and O–H groups in total. The van der Waals surface area contributed by atoms with Crippen LogP contribution in [0.25, 0.3) is 21.7 Å². The minimum absolute atomic E-state index is 0.0480. The maximum absolute atomic E-state index is 12.8. The summed E-state index contributed by atoms with van der Waals surface area (Å²) in [4.78, 5) is 52.1. The summed E-state index contributed by atoms with van der Waals surface area (Å²) in [6.45, 7) is 1.31. The third-order valence-electron chi connectivity index (χ3n) is 5.00. The summed E-state index contributed by atoms with van der Waals surface area (Å²) in [6.07, 6.45) is 1.99. The minimum Gasteiger partial charge on any atom is -0.361 e. The quantitative estimate of drug-likeness (QED) is 0.297. The van der Waals surface area contributed by atoms with Crippen LogP contribution in [0.5, 0.6) is 0 Å². The SMILES string of the molecule is CC(=O)NC(Cc1c[nH]c2ccccc12)C(=O)NNC(=O)c1n[nH]c(=O)c2ccccc12. The fourth-order valence-electron chi connectivity index (χ4n) is 3.53. The minimum atomic E-state index is -0.924. The third kappa shape index (κ3) is 4.19. The Morgan fingerprint density at radius 3 is 2.41 bits per heavy atom. The molecule has 2 aromatic carbocycles. The molecule has 162 valence electrons. The second kappa shape index (κ2) is 8.72. The number of carbonyl (C=O) groups excluding carboxylic acids is 3. The van der Waals surface area contributed by atoms with E-state index in [-0.39, 0.29) is 18.0 Å². The van der Waals surface area contributed by atoms with Crippen molar-refractivity contribution in [2.75, 3.05) is 0 Å². The molecule has 1 atom stereocenters. The van der Waals surface area contributed by atoms with Crippen LogP contribution < -0.4 is 21.7 Å². The zero-order valence-electron chi connectivity index (χ0n) is 17.1. The molecule has 0 fully saturated rings. The van der Waals surface area contributed by atoms with Gasteiger partial charge in [0.05, 0.1) is 5.39 Å². The van der Waals surface area contributed by atoms with Gasteiger partial charge in [0, 0.05) is 35.8 Å². The predicted molar refractivity (Wildman–Crippen MR) is 118 cm³/mol. The molecule has 2 aromatic heterocycles. The number of aromatic nitrogens is 3. The average molecular weight is 432 g/mol. The molecule has 0 aliphatic rings. The number of nitrogens with zero attached hydrogens (tertiary/aromatic N) is 1. The van der Waals surface area contributed by atoms with E-state index in [1.807, 2.05) is 24.3 Å². The van der Waals surface area contributed by atoms with Crippen molar-refractivity contribution in [3.8, 4) is 0 Å². The Morgan fingerprint density at radius 2 is 1.66 bits per heavy atom. The highest BCUT2D eigenvalue weighted by Crippen LogP contribution is 2.19. The molecule has 0 saturated heterocycles. The topological polar surface area (TPSA) is 149 Å². The number of carbonyl (C=O) groups is 3. The highest BCUT2D eigenvalue weighted by Gasteiger charge is 2.23. The van der Waals surface area contributed by atoms with E-state index in [4.69, 9.17) is 0 Å². The molecule has 0 aliphatic heterocycles. The van der Waals surface area contributed by atoms with E-state index < -0.39 is 23.4 Å². The zero-order valence-corrected chi connectivity index (χ0v) is 17.1. The highest BCUT2D eigenvalue weighted by molar-refractivity contribution is 6.05. The van der Waals surface area contributed by atoms with Crippen LogP contribution in [0.4, 0.5) is 0 Å². The van der Waals surface area contributed by atoms with Gasteiger partial charge in [0.1, 0.15) is 6.04 Å². The van der Waals surface area contributed by atoms with Crippen LogP contribution in [-0.2, 0) is 16.0 Å². The van der Waals surface area contributed by atoms with E-state index in [9.17, 15) is 19.2 Å². The van der Waals surface area contributed by atoms with Crippen molar-refractivity contribution < 1.29 is 14.4 Å². The maximum Gasteiger partial charge on any atom is 0.290 e. The number of para-hydroxylation sites is 1. The van der Waals surface area contributed by atoms with Gasteiger partial charge in [-0.15, -0.1) is 0 Å². The molecular weight excluding hydrogens is 412 g/mol. The van der Waals surface area contributed by atoms with E-state index in [0.29, 0.717) is 10.8 Å². The Bertz CT molecular complexity index is 1390. The van der Waals surface area contributed by atoms with Gasteiger partial charge in [-0.2, -0.15) is 5.10 Å². The zero-order chi connectivity index (χ0) is 22.7. The molecule has 3 amide bonds. The molecule has 0 spiro atoms. The van der Waals surface area contributed by atoms with Crippen molar-refractivity contribution in [2.24, 2.45) is 0 Å². The van der Waals surface area contributed by atoms with Crippen molar-refractivity contribution in [3.63, 3.8) is 0 Å². The summed E-state index contributed by atoms with van der Waals surface area (Å²) in [5.74, 6) is -1.70. The van der Waals surface area contributed by atoms with Gasteiger partial charge in [-0.25, -0.2) is 5.10 Å². The smallest absolute Gasteiger partial charge is 0.290 e. The van der Waals surface area contributed by atoms with Gasteiger partial charge in [-0.3, -0.25) is 30.0 Å². The fraction of sp³-hybridized carbons (Fsp3) is 0.136.